The van der Waals surface area contributed by atoms with Crippen molar-refractivity contribution in [2.45, 2.75) is 44.6 Å². The number of nitrogens with zero attached hydrogens (tertiary/aromatic N) is 1. The fourth-order valence-corrected chi connectivity index (χ4v) is 2.98. The molecule has 1 aromatic rings. The second kappa shape index (κ2) is 7.89. The van der Waals surface area contributed by atoms with E-state index < -0.39 is 4.92 Å². The molecule has 0 aromatic heterocycles. The van der Waals surface area contributed by atoms with Crippen LogP contribution in [-0.4, -0.2) is 28.6 Å². The molecule has 0 bridgehead atoms. The van der Waals surface area contributed by atoms with Gasteiger partial charge < -0.3 is 10.4 Å². The molecular weight excluding hydrogens is 284 g/mol. The highest BCUT2D eigenvalue weighted by Crippen LogP contribution is 2.24. The van der Waals surface area contributed by atoms with Crippen molar-refractivity contribution in [1.82, 2.24) is 5.32 Å². The Bertz CT molecular complexity index is 533. The number of hydrogen-bond donors (Lipinski definition) is 2. The number of hydrogen-bond acceptors (Lipinski definition) is 4. The number of benzene rings is 1. The van der Waals surface area contributed by atoms with Gasteiger partial charge in [0, 0.05) is 37.1 Å². The number of carbonyl (C=O) groups excluding carboxylic acids is 1. The molecule has 1 aromatic carbocycles. The molecule has 1 aliphatic rings. The maximum absolute atomic E-state index is 12.0. The van der Waals surface area contributed by atoms with Crippen LogP contribution >= 0.6 is 0 Å². The average Bonchev–Trinajstić information content (AvgIpc) is 2.53. The fraction of sp³-hybridized carbons (Fsp3) is 0.562. The minimum Gasteiger partial charge on any atom is -0.396 e. The van der Waals surface area contributed by atoms with E-state index in [1.54, 1.807) is 12.1 Å². The molecule has 1 saturated carbocycles. The van der Waals surface area contributed by atoms with Crippen molar-refractivity contribution < 1.29 is 14.8 Å². The summed E-state index contributed by atoms with van der Waals surface area (Å²) in [5, 5.41) is 23.1. The Labute approximate surface area is 129 Å². The molecule has 120 valence electrons. The lowest BCUT2D eigenvalue weighted by molar-refractivity contribution is -0.384. The van der Waals surface area contributed by atoms with E-state index >= 15 is 0 Å². The highest BCUT2D eigenvalue weighted by atomic mass is 16.6. The van der Waals surface area contributed by atoms with E-state index in [-0.39, 0.29) is 30.2 Å². The Balaban J connectivity index is 1.84. The first-order valence-corrected chi connectivity index (χ1v) is 7.73. The van der Waals surface area contributed by atoms with Gasteiger partial charge >= 0.3 is 0 Å². The third-order valence-corrected chi connectivity index (χ3v) is 4.25. The summed E-state index contributed by atoms with van der Waals surface area (Å²) in [6, 6.07) is 6.42. The van der Waals surface area contributed by atoms with Gasteiger partial charge in [-0.3, -0.25) is 14.9 Å². The molecule has 0 saturated heterocycles. The topological polar surface area (TPSA) is 92.5 Å². The molecule has 6 heteroatoms. The average molecular weight is 306 g/mol. The lowest BCUT2D eigenvalue weighted by Crippen LogP contribution is -2.43. The van der Waals surface area contributed by atoms with Gasteiger partial charge in [0.25, 0.3) is 5.69 Å². The summed E-state index contributed by atoms with van der Waals surface area (Å²) < 4.78 is 0. The van der Waals surface area contributed by atoms with Gasteiger partial charge in [-0.1, -0.05) is 25.0 Å². The van der Waals surface area contributed by atoms with Crippen LogP contribution < -0.4 is 5.32 Å². The Morgan fingerprint density at radius 3 is 2.86 bits per heavy atom. The lowest BCUT2D eigenvalue weighted by Gasteiger charge is -2.30. The fourth-order valence-electron chi connectivity index (χ4n) is 2.98. The van der Waals surface area contributed by atoms with Gasteiger partial charge in [-0.25, -0.2) is 0 Å². The first-order valence-electron chi connectivity index (χ1n) is 7.73. The zero-order valence-electron chi connectivity index (χ0n) is 12.5. The van der Waals surface area contributed by atoms with Gasteiger partial charge in [-0.05, 0) is 24.8 Å². The summed E-state index contributed by atoms with van der Waals surface area (Å²) in [7, 11) is 0. The van der Waals surface area contributed by atoms with Crippen LogP contribution in [0.2, 0.25) is 0 Å². The zero-order chi connectivity index (χ0) is 15.9. The molecule has 1 aliphatic carbocycles. The summed E-state index contributed by atoms with van der Waals surface area (Å²) in [4.78, 5) is 22.3. The molecule has 0 spiro atoms. The van der Waals surface area contributed by atoms with E-state index in [4.69, 9.17) is 0 Å². The van der Waals surface area contributed by atoms with E-state index in [9.17, 15) is 20.0 Å². The SMILES string of the molecule is O=C(CCc1cccc([N+](=O)[O-])c1)N[C@@H]1CCCC[C@@H]1CO. The summed E-state index contributed by atoms with van der Waals surface area (Å²) in [6.45, 7) is 0.107. The van der Waals surface area contributed by atoms with Crippen molar-refractivity contribution in [3.8, 4) is 0 Å². The van der Waals surface area contributed by atoms with Crippen molar-refractivity contribution in [1.29, 1.82) is 0 Å². The monoisotopic (exact) mass is 306 g/mol. The number of non-ortho nitro benzene ring substituents is 1. The number of nitro benzene ring substituents is 1. The molecule has 2 rings (SSSR count). The number of carbonyl (C=O) groups is 1. The minimum absolute atomic E-state index is 0.0468. The molecule has 1 amide bonds. The Morgan fingerprint density at radius 1 is 1.36 bits per heavy atom. The number of amides is 1. The Kier molecular flexibility index (Phi) is 5.89. The smallest absolute Gasteiger partial charge is 0.269 e. The summed E-state index contributed by atoms with van der Waals surface area (Å²) in [5.41, 5.74) is 0.831. The molecule has 1 fully saturated rings. The van der Waals surface area contributed by atoms with E-state index in [2.05, 4.69) is 5.32 Å². The van der Waals surface area contributed by atoms with Gasteiger partial charge in [-0.15, -0.1) is 0 Å². The van der Waals surface area contributed by atoms with E-state index in [0.29, 0.717) is 12.8 Å². The summed E-state index contributed by atoms with van der Waals surface area (Å²) >= 11 is 0. The number of nitrogens with one attached hydrogen (secondary N) is 1. The van der Waals surface area contributed by atoms with Crippen LogP contribution in [0.4, 0.5) is 5.69 Å². The van der Waals surface area contributed by atoms with Gasteiger partial charge in [0.1, 0.15) is 0 Å². The van der Waals surface area contributed by atoms with Gasteiger partial charge in [0.15, 0.2) is 0 Å². The standard InChI is InChI=1S/C16H22N2O4/c19-11-13-5-1-2-7-15(13)17-16(20)9-8-12-4-3-6-14(10-12)18(21)22/h3-4,6,10,13,15,19H,1-2,5,7-9,11H2,(H,17,20)/t13-,15-/m1/s1. The van der Waals surface area contributed by atoms with Crippen molar-refractivity contribution in [3.05, 3.63) is 39.9 Å². The summed E-state index contributed by atoms with van der Waals surface area (Å²) in [6.07, 6.45) is 4.82. The Hall–Kier alpha value is -1.95. The molecular formula is C16H22N2O4. The molecule has 0 heterocycles. The van der Waals surface area contributed by atoms with Crippen molar-refractivity contribution in [2.75, 3.05) is 6.61 Å². The number of rotatable bonds is 6. The van der Waals surface area contributed by atoms with E-state index in [0.717, 1.165) is 31.2 Å². The van der Waals surface area contributed by atoms with Gasteiger partial charge in [0.05, 0.1) is 4.92 Å². The van der Waals surface area contributed by atoms with Crippen LogP contribution in [-0.2, 0) is 11.2 Å². The van der Waals surface area contributed by atoms with Crippen molar-refractivity contribution in [2.24, 2.45) is 5.92 Å². The van der Waals surface area contributed by atoms with Crippen molar-refractivity contribution in [3.63, 3.8) is 0 Å². The molecule has 2 N–H and O–H groups in total. The van der Waals surface area contributed by atoms with Crippen LogP contribution in [0.3, 0.4) is 0 Å². The number of aryl methyl sites for hydroxylation is 1. The Morgan fingerprint density at radius 2 is 2.14 bits per heavy atom. The minimum atomic E-state index is -0.433. The largest absolute Gasteiger partial charge is 0.396 e. The van der Waals surface area contributed by atoms with Gasteiger partial charge in [-0.2, -0.15) is 0 Å². The lowest BCUT2D eigenvalue weighted by atomic mass is 9.85. The predicted molar refractivity (Wildman–Crippen MR) is 82.4 cm³/mol. The molecule has 0 unspecified atom stereocenters. The third-order valence-electron chi connectivity index (χ3n) is 4.25. The van der Waals surface area contributed by atoms with Crippen LogP contribution in [0.25, 0.3) is 0 Å². The van der Waals surface area contributed by atoms with Crippen LogP contribution in [0.15, 0.2) is 24.3 Å². The second-order valence-electron chi connectivity index (χ2n) is 5.83. The molecule has 6 nitrogen and oxygen atoms in total. The maximum Gasteiger partial charge on any atom is 0.269 e. The molecule has 0 radical (unpaired) electrons. The summed E-state index contributed by atoms with van der Waals surface area (Å²) in [5.74, 6) is 0.0902. The maximum atomic E-state index is 12.0. The third kappa shape index (κ3) is 4.53. The van der Waals surface area contributed by atoms with Gasteiger partial charge in [0.2, 0.25) is 5.91 Å². The normalized spacial score (nSPS) is 21.3. The van der Waals surface area contributed by atoms with E-state index in [1.807, 2.05) is 0 Å². The number of aliphatic hydroxyl groups excluding tert-OH is 1. The highest BCUT2D eigenvalue weighted by Gasteiger charge is 2.25. The number of nitro groups is 1. The van der Waals surface area contributed by atoms with Crippen molar-refractivity contribution >= 4 is 11.6 Å². The zero-order valence-corrected chi connectivity index (χ0v) is 12.5. The number of aliphatic hydroxyl groups is 1. The van der Waals surface area contributed by atoms with Crippen LogP contribution in [0.5, 0.6) is 0 Å². The van der Waals surface area contributed by atoms with E-state index in [1.165, 1.54) is 12.1 Å². The molecule has 0 aliphatic heterocycles. The quantitative estimate of drug-likeness (QED) is 0.622. The highest BCUT2D eigenvalue weighted by molar-refractivity contribution is 5.76. The second-order valence-corrected chi connectivity index (χ2v) is 5.83. The molecule has 22 heavy (non-hydrogen) atoms. The van der Waals surface area contributed by atoms with Crippen LogP contribution in [0.1, 0.15) is 37.7 Å². The molecule has 2 atom stereocenters. The first-order chi connectivity index (χ1) is 10.6. The van der Waals surface area contributed by atoms with Crippen LogP contribution in [0, 0.1) is 16.0 Å². The first kappa shape index (κ1) is 16.4. The predicted octanol–water partition coefficient (Wildman–Crippen LogP) is 2.19.